The van der Waals surface area contributed by atoms with Crippen LogP contribution in [0.3, 0.4) is 0 Å². The molecule has 3 aromatic rings. The second-order valence-electron chi connectivity index (χ2n) is 6.10. The standard InChI is InChI=1S/C18H18Cl2N4O3/c1-24(2)14(15-7-4-8-26-15)10-21-17(25)18-22-16(23-27-18)9-11-12(19)5-3-6-13(11)20/h3-8,14H,9-10H2,1-2H3,(H,21,25)/t14-/m0/s1. The van der Waals surface area contributed by atoms with E-state index in [1.807, 2.05) is 25.1 Å². The van der Waals surface area contributed by atoms with Crippen LogP contribution in [-0.2, 0) is 6.42 Å². The Morgan fingerprint density at radius 3 is 2.59 bits per heavy atom. The first-order valence-corrected chi connectivity index (χ1v) is 8.94. The lowest BCUT2D eigenvalue weighted by Gasteiger charge is -2.22. The summed E-state index contributed by atoms with van der Waals surface area (Å²) < 4.78 is 10.5. The molecule has 0 saturated heterocycles. The molecule has 2 aromatic heterocycles. The summed E-state index contributed by atoms with van der Waals surface area (Å²) in [6.45, 7) is 0.327. The third kappa shape index (κ3) is 4.68. The topological polar surface area (TPSA) is 84.4 Å². The molecule has 0 fully saturated rings. The zero-order chi connectivity index (χ0) is 19.4. The summed E-state index contributed by atoms with van der Waals surface area (Å²) in [7, 11) is 3.80. The van der Waals surface area contributed by atoms with Crippen LogP contribution in [0.2, 0.25) is 10.0 Å². The lowest BCUT2D eigenvalue weighted by molar-refractivity contribution is 0.0895. The second kappa shape index (κ2) is 8.56. The summed E-state index contributed by atoms with van der Waals surface area (Å²) in [6.07, 6.45) is 1.86. The van der Waals surface area contributed by atoms with Gasteiger partial charge in [-0.05, 0) is 43.9 Å². The van der Waals surface area contributed by atoms with Crippen LogP contribution in [0.4, 0.5) is 0 Å². The number of likely N-dealkylation sites (N-methyl/N-ethyl adjacent to an activating group) is 1. The summed E-state index contributed by atoms with van der Waals surface area (Å²) in [5, 5.41) is 7.62. The number of carbonyl (C=O) groups excluding carboxylic acids is 1. The monoisotopic (exact) mass is 408 g/mol. The van der Waals surface area contributed by atoms with Crippen molar-refractivity contribution in [3.8, 4) is 0 Å². The van der Waals surface area contributed by atoms with Crippen LogP contribution < -0.4 is 5.32 Å². The molecule has 1 N–H and O–H groups in total. The molecule has 7 nitrogen and oxygen atoms in total. The van der Waals surface area contributed by atoms with Crippen molar-refractivity contribution in [2.45, 2.75) is 12.5 Å². The number of rotatable bonds is 7. The SMILES string of the molecule is CN(C)[C@@H](CNC(=O)c1nc(Cc2c(Cl)cccc2Cl)no1)c1ccco1. The Morgan fingerprint density at radius 2 is 1.96 bits per heavy atom. The van der Waals surface area contributed by atoms with Gasteiger partial charge in [0.05, 0.1) is 12.3 Å². The summed E-state index contributed by atoms with van der Waals surface area (Å²) in [5.41, 5.74) is 0.680. The van der Waals surface area contributed by atoms with Gasteiger partial charge in [0.1, 0.15) is 5.76 Å². The summed E-state index contributed by atoms with van der Waals surface area (Å²) in [6, 6.07) is 8.75. The molecule has 1 amide bonds. The number of nitrogens with zero attached hydrogens (tertiary/aromatic N) is 3. The van der Waals surface area contributed by atoms with E-state index in [1.165, 1.54) is 0 Å². The zero-order valence-corrected chi connectivity index (χ0v) is 16.3. The van der Waals surface area contributed by atoms with Crippen LogP contribution in [0.5, 0.6) is 0 Å². The van der Waals surface area contributed by atoms with Crippen molar-refractivity contribution in [3.05, 3.63) is 69.7 Å². The number of nitrogens with one attached hydrogen (secondary N) is 1. The van der Waals surface area contributed by atoms with E-state index in [1.54, 1.807) is 30.5 Å². The molecule has 3 rings (SSSR count). The summed E-state index contributed by atoms with van der Waals surface area (Å²) in [5.74, 6) is 0.493. The lowest BCUT2D eigenvalue weighted by atomic mass is 10.1. The molecule has 0 unspecified atom stereocenters. The first kappa shape index (κ1) is 19.4. The number of hydrogen-bond acceptors (Lipinski definition) is 6. The molecule has 1 atom stereocenters. The van der Waals surface area contributed by atoms with E-state index in [-0.39, 0.29) is 18.4 Å². The number of aromatic nitrogens is 2. The first-order valence-electron chi connectivity index (χ1n) is 8.19. The minimum atomic E-state index is -0.461. The maximum Gasteiger partial charge on any atom is 0.315 e. The number of amides is 1. The number of benzene rings is 1. The van der Waals surface area contributed by atoms with Crippen molar-refractivity contribution in [1.29, 1.82) is 0 Å². The maximum absolute atomic E-state index is 12.3. The van der Waals surface area contributed by atoms with E-state index in [0.29, 0.717) is 28.0 Å². The average molecular weight is 409 g/mol. The fourth-order valence-electron chi connectivity index (χ4n) is 2.56. The molecule has 27 heavy (non-hydrogen) atoms. The van der Waals surface area contributed by atoms with Crippen molar-refractivity contribution >= 4 is 29.1 Å². The van der Waals surface area contributed by atoms with Crippen LogP contribution in [0.15, 0.2) is 45.5 Å². The Morgan fingerprint density at radius 1 is 1.22 bits per heavy atom. The smallest absolute Gasteiger partial charge is 0.315 e. The van der Waals surface area contributed by atoms with Crippen molar-refractivity contribution in [1.82, 2.24) is 20.4 Å². The van der Waals surface area contributed by atoms with E-state index in [2.05, 4.69) is 15.5 Å². The van der Waals surface area contributed by atoms with E-state index in [9.17, 15) is 4.79 Å². The normalized spacial score (nSPS) is 12.3. The zero-order valence-electron chi connectivity index (χ0n) is 14.8. The fourth-order valence-corrected chi connectivity index (χ4v) is 3.09. The van der Waals surface area contributed by atoms with Gasteiger partial charge < -0.3 is 14.3 Å². The molecule has 1 aromatic carbocycles. The van der Waals surface area contributed by atoms with E-state index >= 15 is 0 Å². The summed E-state index contributed by atoms with van der Waals surface area (Å²) >= 11 is 12.3. The lowest BCUT2D eigenvalue weighted by Crippen LogP contribution is -2.34. The molecule has 0 aliphatic rings. The minimum absolute atomic E-state index is 0.117. The highest BCUT2D eigenvalue weighted by Gasteiger charge is 2.21. The molecular formula is C18H18Cl2N4O3. The van der Waals surface area contributed by atoms with E-state index in [0.717, 1.165) is 5.76 Å². The van der Waals surface area contributed by atoms with Crippen LogP contribution in [-0.4, -0.2) is 41.6 Å². The van der Waals surface area contributed by atoms with Crippen molar-refractivity contribution < 1.29 is 13.7 Å². The quantitative estimate of drug-likeness (QED) is 0.642. The molecule has 2 heterocycles. The Bertz CT molecular complexity index is 889. The maximum atomic E-state index is 12.3. The predicted octanol–water partition coefficient (Wildman–Crippen LogP) is 3.59. The van der Waals surface area contributed by atoms with Crippen molar-refractivity contribution in [2.24, 2.45) is 0 Å². The molecule has 142 valence electrons. The molecule has 0 bridgehead atoms. The minimum Gasteiger partial charge on any atom is -0.468 e. The summed E-state index contributed by atoms with van der Waals surface area (Å²) in [4.78, 5) is 18.4. The Kier molecular flexibility index (Phi) is 6.15. The predicted molar refractivity (Wildman–Crippen MR) is 101 cm³/mol. The first-order chi connectivity index (χ1) is 13.0. The number of hydrogen-bond donors (Lipinski definition) is 1. The molecule has 0 aliphatic carbocycles. The second-order valence-corrected chi connectivity index (χ2v) is 6.91. The Balaban J connectivity index is 1.65. The van der Waals surface area contributed by atoms with Gasteiger partial charge in [-0.2, -0.15) is 4.98 Å². The van der Waals surface area contributed by atoms with Crippen molar-refractivity contribution in [2.75, 3.05) is 20.6 Å². The van der Waals surface area contributed by atoms with Gasteiger partial charge in [-0.3, -0.25) is 9.69 Å². The van der Waals surface area contributed by atoms with Gasteiger partial charge in [0.25, 0.3) is 0 Å². The van der Waals surface area contributed by atoms with Gasteiger partial charge in [0.2, 0.25) is 0 Å². The van der Waals surface area contributed by atoms with Gasteiger partial charge in [0.15, 0.2) is 5.82 Å². The van der Waals surface area contributed by atoms with E-state index < -0.39 is 5.91 Å². The molecule has 9 heteroatoms. The van der Waals surface area contributed by atoms with Gasteiger partial charge in [-0.25, -0.2) is 0 Å². The Labute approximate surface area is 166 Å². The largest absolute Gasteiger partial charge is 0.468 e. The van der Waals surface area contributed by atoms with Gasteiger partial charge in [-0.15, -0.1) is 0 Å². The van der Waals surface area contributed by atoms with Crippen LogP contribution in [0.25, 0.3) is 0 Å². The van der Waals surface area contributed by atoms with Crippen LogP contribution in [0.1, 0.15) is 33.9 Å². The molecule has 0 radical (unpaired) electrons. The van der Waals surface area contributed by atoms with Crippen LogP contribution in [0, 0.1) is 0 Å². The highest BCUT2D eigenvalue weighted by atomic mass is 35.5. The highest BCUT2D eigenvalue weighted by molar-refractivity contribution is 6.36. The van der Waals surface area contributed by atoms with E-state index in [4.69, 9.17) is 32.1 Å². The van der Waals surface area contributed by atoms with Crippen molar-refractivity contribution in [3.63, 3.8) is 0 Å². The highest BCUT2D eigenvalue weighted by Crippen LogP contribution is 2.26. The molecule has 0 saturated carbocycles. The number of halogens is 2. The number of furan rings is 1. The Hall–Kier alpha value is -2.35. The molecule has 0 spiro atoms. The molecule has 0 aliphatic heterocycles. The average Bonchev–Trinajstić information content (AvgIpc) is 3.30. The third-order valence-corrected chi connectivity index (χ3v) is 4.72. The van der Waals surface area contributed by atoms with Gasteiger partial charge >= 0.3 is 11.8 Å². The fraction of sp³-hybridized carbons (Fsp3) is 0.278. The van der Waals surface area contributed by atoms with Gasteiger partial charge in [0, 0.05) is 23.0 Å². The van der Waals surface area contributed by atoms with Gasteiger partial charge in [-0.1, -0.05) is 34.4 Å². The van der Waals surface area contributed by atoms with Crippen LogP contribution >= 0.6 is 23.2 Å². The number of carbonyl (C=O) groups is 1. The molecular weight excluding hydrogens is 391 g/mol. The third-order valence-electron chi connectivity index (χ3n) is 4.01.